The molecule has 0 amide bonds. The molecule has 6 heteroatoms. The Bertz CT molecular complexity index is 555. The van der Waals surface area contributed by atoms with E-state index in [-0.39, 0.29) is 11.6 Å². The first-order valence-electron chi connectivity index (χ1n) is 7.72. The van der Waals surface area contributed by atoms with Crippen molar-refractivity contribution < 1.29 is 24.2 Å². The van der Waals surface area contributed by atoms with E-state index >= 15 is 0 Å². The number of carbonyl (C=O) groups excluding carboxylic acids is 1. The van der Waals surface area contributed by atoms with Crippen LogP contribution in [-0.4, -0.2) is 41.3 Å². The molecule has 0 bridgehead atoms. The molecule has 1 saturated heterocycles. The van der Waals surface area contributed by atoms with Gasteiger partial charge in [0.1, 0.15) is 11.4 Å². The highest BCUT2D eigenvalue weighted by molar-refractivity contribution is 5.87. The molecule has 1 heterocycles. The molecule has 0 aliphatic carbocycles. The Labute approximate surface area is 135 Å². The summed E-state index contributed by atoms with van der Waals surface area (Å²) in [7, 11) is 0. The minimum Gasteiger partial charge on any atom is -0.478 e. The van der Waals surface area contributed by atoms with Gasteiger partial charge in [-0.05, 0) is 64.4 Å². The Morgan fingerprint density at radius 2 is 1.91 bits per heavy atom. The lowest BCUT2D eigenvalue weighted by Gasteiger charge is -2.27. The van der Waals surface area contributed by atoms with Gasteiger partial charge in [-0.1, -0.05) is 0 Å². The molecule has 0 radical (unpaired) electrons. The van der Waals surface area contributed by atoms with Crippen LogP contribution in [0.2, 0.25) is 0 Å². The third-order valence-corrected chi connectivity index (χ3v) is 3.47. The molecule has 1 aliphatic heterocycles. The average molecular weight is 321 g/mol. The van der Waals surface area contributed by atoms with Crippen LogP contribution in [0.1, 0.15) is 44.0 Å². The molecule has 126 valence electrons. The number of esters is 1. The summed E-state index contributed by atoms with van der Waals surface area (Å²) in [6.45, 7) is 6.27. The molecule has 23 heavy (non-hydrogen) atoms. The second kappa shape index (κ2) is 7.00. The Hall–Kier alpha value is -2.08. The summed E-state index contributed by atoms with van der Waals surface area (Å²) in [6, 6.07) is 5.90. The second-order valence-corrected chi connectivity index (χ2v) is 6.60. The van der Waals surface area contributed by atoms with Gasteiger partial charge in [0.05, 0.1) is 11.6 Å². The largest absolute Gasteiger partial charge is 0.478 e. The molecule has 0 saturated carbocycles. The molecule has 1 fully saturated rings. The van der Waals surface area contributed by atoms with Crippen molar-refractivity contribution in [3.05, 3.63) is 29.8 Å². The quantitative estimate of drug-likeness (QED) is 0.809. The zero-order chi connectivity index (χ0) is 17.0. The maximum atomic E-state index is 12.4. The van der Waals surface area contributed by atoms with E-state index < -0.39 is 23.6 Å². The first kappa shape index (κ1) is 17.3. The Balaban J connectivity index is 2.13. The van der Waals surface area contributed by atoms with Crippen molar-refractivity contribution in [1.82, 2.24) is 5.32 Å². The maximum absolute atomic E-state index is 12.4. The van der Waals surface area contributed by atoms with Crippen LogP contribution in [0.25, 0.3) is 0 Å². The zero-order valence-corrected chi connectivity index (χ0v) is 13.7. The molecule has 6 nitrogen and oxygen atoms in total. The first-order valence-corrected chi connectivity index (χ1v) is 7.72. The van der Waals surface area contributed by atoms with Crippen LogP contribution in [0.4, 0.5) is 0 Å². The lowest BCUT2D eigenvalue weighted by molar-refractivity contribution is -0.164. The highest BCUT2D eigenvalue weighted by Crippen LogP contribution is 2.21. The van der Waals surface area contributed by atoms with Gasteiger partial charge in [0.2, 0.25) is 6.10 Å². The fraction of sp³-hybridized carbons (Fsp3) is 0.529. The van der Waals surface area contributed by atoms with E-state index in [1.165, 1.54) is 12.1 Å². The number of hydrogen-bond donors (Lipinski definition) is 2. The standard InChI is InChI=1S/C17H23NO5/c1-17(2,3)23-16(21)14(13-5-4-10-18-13)22-12-8-6-11(7-9-12)15(19)20/h6-9,13-14,18H,4-5,10H2,1-3H3,(H,19,20). The number of aromatic carboxylic acids is 1. The lowest BCUT2D eigenvalue weighted by atomic mass is 10.1. The van der Waals surface area contributed by atoms with Gasteiger partial charge in [-0.2, -0.15) is 0 Å². The summed E-state index contributed by atoms with van der Waals surface area (Å²) in [5.41, 5.74) is -0.421. The van der Waals surface area contributed by atoms with Gasteiger partial charge >= 0.3 is 11.9 Å². The zero-order valence-electron chi connectivity index (χ0n) is 13.7. The summed E-state index contributed by atoms with van der Waals surface area (Å²) >= 11 is 0. The van der Waals surface area contributed by atoms with E-state index in [4.69, 9.17) is 14.6 Å². The molecule has 2 atom stereocenters. The third-order valence-electron chi connectivity index (χ3n) is 3.47. The number of carbonyl (C=O) groups is 2. The molecule has 0 spiro atoms. The van der Waals surface area contributed by atoms with Gasteiger partial charge in [-0.3, -0.25) is 0 Å². The molecule has 1 aromatic carbocycles. The molecule has 2 N–H and O–H groups in total. The fourth-order valence-corrected chi connectivity index (χ4v) is 2.45. The number of carboxylic acid groups (broad SMARTS) is 1. The van der Waals surface area contributed by atoms with Crippen molar-refractivity contribution in [3.8, 4) is 5.75 Å². The van der Waals surface area contributed by atoms with Crippen molar-refractivity contribution in [2.24, 2.45) is 0 Å². The Morgan fingerprint density at radius 3 is 2.39 bits per heavy atom. The Morgan fingerprint density at radius 1 is 1.26 bits per heavy atom. The predicted molar refractivity (Wildman–Crippen MR) is 84.7 cm³/mol. The molecule has 2 unspecified atom stereocenters. The van der Waals surface area contributed by atoms with Gasteiger partial charge in [-0.15, -0.1) is 0 Å². The summed E-state index contributed by atoms with van der Waals surface area (Å²) < 4.78 is 11.3. The van der Waals surface area contributed by atoms with Crippen LogP contribution in [0.3, 0.4) is 0 Å². The summed E-state index contributed by atoms with van der Waals surface area (Å²) in [4.78, 5) is 23.3. The van der Waals surface area contributed by atoms with Gasteiger partial charge in [-0.25, -0.2) is 9.59 Å². The summed E-state index contributed by atoms with van der Waals surface area (Å²) in [5, 5.41) is 12.2. The number of carboxylic acids is 1. The van der Waals surface area contributed by atoms with E-state index in [9.17, 15) is 9.59 Å². The van der Waals surface area contributed by atoms with E-state index in [2.05, 4.69) is 5.32 Å². The summed E-state index contributed by atoms with van der Waals surface area (Å²) in [6.07, 6.45) is 1.05. The highest BCUT2D eigenvalue weighted by atomic mass is 16.6. The minimum atomic E-state index is -1.00. The van der Waals surface area contributed by atoms with E-state index in [0.717, 1.165) is 19.4 Å². The first-order chi connectivity index (χ1) is 10.8. The van der Waals surface area contributed by atoms with Crippen molar-refractivity contribution in [2.45, 2.75) is 51.4 Å². The monoisotopic (exact) mass is 321 g/mol. The third kappa shape index (κ3) is 4.96. The van der Waals surface area contributed by atoms with Crippen LogP contribution in [0.15, 0.2) is 24.3 Å². The number of nitrogens with one attached hydrogen (secondary N) is 1. The van der Waals surface area contributed by atoms with Crippen molar-refractivity contribution in [2.75, 3.05) is 6.54 Å². The molecule has 1 aromatic rings. The Kier molecular flexibility index (Phi) is 5.26. The highest BCUT2D eigenvalue weighted by Gasteiger charge is 2.35. The molecular weight excluding hydrogens is 298 g/mol. The number of benzene rings is 1. The molecule has 2 rings (SSSR count). The van der Waals surface area contributed by atoms with E-state index in [1.807, 2.05) is 20.8 Å². The molecule has 0 aromatic heterocycles. The molecular formula is C17H23NO5. The normalized spacial score (nSPS) is 19.2. The van der Waals surface area contributed by atoms with Gasteiger partial charge in [0.15, 0.2) is 0 Å². The molecule has 1 aliphatic rings. The topological polar surface area (TPSA) is 84.9 Å². The average Bonchev–Trinajstić information content (AvgIpc) is 2.97. The number of rotatable bonds is 5. The van der Waals surface area contributed by atoms with Gasteiger partial charge in [0.25, 0.3) is 0 Å². The predicted octanol–water partition coefficient (Wildman–Crippen LogP) is 2.23. The van der Waals surface area contributed by atoms with Crippen molar-refractivity contribution in [1.29, 1.82) is 0 Å². The second-order valence-electron chi connectivity index (χ2n) is 6.60. The van der Waals surface area contributed by atoms with Crippen molar-refractivity contribution >= 4 is 11.9 Å². The van der Waals surface area contributed by atoms with E-state index in [0.29, 0.717) is 5.75 Å². The van der Waals surface area contributed by atoms with Crippen LogP contribution in [-0.2, 0) is 9.53 Å². The lowest BCUT2D eigenvalue weighted by Crippen LogP contribution is -2.47. The number of ether oxygens (including phenoxy) is 2. The van der Waals surface area contributed by atoms with E-state index in [1.54, 1.807) is 12.1 Å². The number of hydrogen-bond acceptors (Lipinski definition) is 5. The van der Waals surface area contributed by atoms with Crippen LogP contribution in [0.5, 0.6) is 5.75 Å². The van der Waals surface area contributed by atoms with Crippen LogP contribution < -0.4 is 10.1 Å². The SMILES string of the molecule is CC(C)(C)OC(=O)C(Oc1ccc(C(=O)O)cc1)C1CCCN1. The summed E-state index contributed by atoms with van der Waals surface area (Å²) in [5.74, 6) is -0.975. The van der Waals surface area contributed by atoms with Crippen LogP contribution in [0, 0.1) is 0 Å². The smallest absolute Gasteiger partial charge is 0.349 e. The van der Waals surface area contributed by atoms with Crippen molar-refractivity contribution in [3.63, 3.8) is 0 Å². The van der Waals surface area contributed by atoms with Crippen LogP contribution >= 0.6 is 0 Å². The maximum Gasteiger partial charge on any atom is 0.349 e. The fourth-order valence-electron chi connectivity index (χ4n) is 2.45. The van der Waals surface area contributed by atoms with Gasteiger partial charge < -0.3 is 19.9 Å². The van der Waals surface area contributed by atoms with Gasteiger partial charge in [0, 0.05) is 0 Å². The minimum absolute atomic E-state index is 0.107.